The molecule has 0 bridgehead atoms. The Morgan fingerprint density at radius 2 is 1.62 bits per heavy atom. The van der Waals surface area contributed by atoms with Crippen LogP contribution in [0.1, 0.15) is 78.8 Å². The maximum atomic E-state index is 14.0. The maximum absolute atomic E-state index is 14.0. The van der Waals surface area contributed by atoms with Crippen LogP contribution in [0.2, 0.25) is 0 Å². The van der Waals surface area contributed by atoms with Gasteiger partial charge in [-0.1, -0.05) is 0 Å². The number of hydrogen-bond donors (Lipinski definition) is 3. The van der Waals surface area contributed by atoms with E-state index in [0.29, 0.717) is 23.2 Å². The summed E-state index contributed by atoms with van der Waals surface area (Å²) in [4.78, 5) is 30.2. The largest absolute Gasteiger partial charge is 0.409 e. The average Bonchev–Trinajstić information content (AvgIpc) is 3.51. The third kappa shape index (κ3) is 8.43. The van der Waals surface area contributed by atoms with Crippen molar-refractivity contribution in [2.45, 2.75) is 88.0 Å². The van der Waals surface area contributed by atoms with Gasteiger partial charge in [0.25, 0.3) is 5.91 Å². The molecule has 11 nitrogen and oxygen atoms in total. The molecule has 2 amide bonds. The molecule has 3 N–H and O–H groups in total. The second-order valence-corrected chi connectivity index (χ2v) is 11.4. The summed E-state index contributed by atoms with van der Waals surface area (Å²) in [5.74, 6) is -5.64. The highest BCUT2D eigenvalue weighted by molar-refractivity contribution is 5.92. The van der Waals surface area contributed by atoms with Crippen LogP contribution < -0.4 is 10.6 Å². The lowest BCUT2D eigenvalue weighted by Gasteiger charge is -2.33. The number of imidazole rings is 1. The molecule has 3 aromatic rings. The summed E-state index contributed by atoms with van der Waals surface area (Å²) < 4.78 is 105. The molecule has 246 valence electrons. The monoisotopic (exact) mass is 652 g/mol. The zero-order valence-electron chi connectivity index (χ0n) is 23.3. The molecule has 2 aliphatic carbocycles. The van der Waals surface area contributed by atoms with Gasteiger partial charge < -0.3 is 15.7 Å². The Bertz CT molecular complexity index is 1520. The number of aromatic nitrogens is 6. The van der Waals surface area contributed by atoms with E-state index in [-0.39, 0.29) is 30.1 Å². The number of aliphatic hydroxyl groups excluding tert-OH is 1. The molecule has 0 spiro atoms. The van der Waals surface area contributed by atoms with Gasteiger partial charge in [-0.3, -0.25) is 9.59 Å². The first-order valence-electron chi connectivity index (χ1n) is 14.0. The van der Waals surface area contributed by atoms with Gasteiger partial charge in [-0.2, -0.15) is 41.3 Å². The molecule has 0 aromatic carbocycles. The molecular formula is C26H28F8N8O3. The van der Waals surface area contributed by atoms with Crippen LogP contribution in [0, 0.1) is 11.8 Å². The van der Waals surface area contributed by atoms with E-state index in [1.54, 1.807) is 0 Å². The normalized spacial score (nSPS) is 19.7. The molecule has 3 atom stereocenters. The lowest BCUT2D eigenvalue weighted by atomic mass is 9.81. The fourth-order valence-corrected chi connectivity index (χ4v) is 5.38. The first-order valence-corrected chi connectivity index (χ1v) is 14.0. The van der Waals surface area contributed by atoms with Crippen molar-refractivity contribution in [2.24, 2.45) is 11.8 Å². The summed E-state index contributed by atoms with van der Waals surface area (Å²) >= 11 is 0. The Hall–Kier alpha value is -3.90. The first-order chi connectivity index (χ1) is 21.0. The molecular weight excluding hydrogens is 624 g/mol. The quantitative estimate of drug-likeness (QED) is 0.281. The Morgan fingerprint density at radius 1 is 0.956 bits per heavy atom. The van der Waals surface area contributed by atoms with E-state index in [0.717, 1.165) is 6.20 Å². The number of carbonyl (C=O) groups excluding carboxylic acids is 2. The Morgan fingerprint density at radius 3 is 2.24 bits per heavy atom. The number of rotatable bonds is 10. The van der Waals surface area contributed by atoms with Crippen LogP contribution in [-0.2, 0) is 11.3 Å². The number of nitrogens with zero attached hydrogens (tertiary/aromatic N) is 6. The highest BCUT2D eigenvalue weighted by Gasteiger charge is 2.41. The van der Waals surface area contributed by atoms with Gasteiger partial charge in [0.05, 0.1) is 42.8 Å². The van der Waals surface area contributed by atoms with E-state index >= 15 is 0 Å². The second kappa shape index (κ2) is 12.1. The SMILES string of the molecule is O=C(N[C@H](c1cn2ncc([C@H](NC(=O)[C@H](O)CC(F)(F)F)C3CC3)cc2n1)C1CCC(F)(F)CC1)c1cnn(CC(F)(F)F)n1. The summed E-state index contributed by atoms with van der Waals surface area (Å²) in [6.45, 7) is -1.52. The first kappa shape index (κ1) is 32.5. The molecule has 2 saturated carbocycles. The molecule has 19 heteroatoms. The molecule has 2 fully saturated rings. The standard InChI is InChI=1S/C26H28F8N8O3/c27-24(28)5-3-14(4-6-24)21(39-22(44)16-10-36-42(40-16)12-26(32,33)34)17-11-41-19(37-17)7-15(9-35-41)20(13-1-2-13)38-23(45)18(43)8-25(29,30)31/h7,9-11,13-14,18,20-21,43H,1-6,8,12H2,(H,38,45)(H,39,44)/t18-,20-,21+/m1/s1. The van der Waals surface area contributed by atoms with Crippen molar-refractivity contribution in [1.82, 2.24) is 40.2 Å². The van der Waals surface area contributed by atoms with Crippen molar-refractivity contribution < 1.29 is 49.8 Å². The van der Waals surface area contributed by atoms with Gasteiger partial charge in [-0.05, 0) is 49.1 Å². The number of carbonyl (C=O) groups is 2. The van der Waals surface area contributed by atoms with E-state index < -0.39 is 85.7 Å². The van der Waals surface area contributed by atoms with Gasteiger partial charge in [0.1, 0.15) is 6.10 Å². The molecule has 3 heterocycles. The smallest absolute Gasteiger partial charge is 0.383 e. The predicted octanol–water partition coefficient (Wildman–Crippen LogP) is 4.06. The van der Waals surface area contributed by atoms with Crippen molar-refractivity contribution in [3.63, 3.8) is 0 Å². The van der Waals surface area contributed by atoms with Gasteiger partial charge in [0, 0.05) is 12.8 Å². The van der Waals surface area contributed by atoms with Crippen molar-refractivity contribution in [2.75, 3.05) is 0 Å². The minimum Gasteiger partial charge on any atom is -0.383 e. The van der Waals surface area contributed by atoms with E-state index in [1.165, 1.54) is 23.0 Å². The molecule has 3 aromatic heterocycles. The lowest BCUT2D eigenvalue weighted by molar-refractivity contribution is -0.163. The van der Waals surface area contributed by atoms with Crippen LogP contribution in [0.3, 0.4) is 0 Å². The average molecular weight is 653 g/mol. The molecule has 0 saturated heterocycles. The molecule has 0 aliphatic heterocycles. The topological polar surface area (TPSA) is 139 Å². The summed E-state index contributed by atoms with van der Waals surface area (Å²) in [5.41, 5.74) is 0.382. The van der Waals surface area contributed by atoms with Crippen molar-refractivity contribution in [3.8, 4) is 0 Å². The van der Waals surface area contributed by atoms with Crippen LogP contribution in [0.4, 0.5) is 35.1 Å². The number of nitrogens with one attached hydrogen (secondary N) is 2. The lowest BCUT2D eigenvalue weighted by Crippen LogP contribution is -2.40. The van der Waals surface area contributed by atoms with Gasteiger partial charge in [0.2, 0.25) is 11.8 Å². The molecule has 0 radical (unpaired) electrons. The van der Waals surface area contributed by atoms with E-state index in [1.807, 2.05) is 0 Å². The molecule has 0 unspecified atom stereocenters. The van der Waals surface area contributed by atoms with Gasteiger partial charge in [-0.15, -0.1) is 5.10 Å². The third-order valence-electron chi connectivity index (χ3n) is 7.77. The summed E-state index contributed by atoms with van der Waals surface area (Å²) in [6, 6.07) is -0.219. The van der Waals surface area contributed by atoms with Gasteiger partial charge in [0.15, 0.2) is 17.9 Å². The summed E-state index contributed by atoms with van der Waals surface area (Å²) in [5, 5.41) is 26.1. The number of halogens is 8. The van der Waals surface area contributed by atoms with Crippen LogP contribution >= 0.6 is 0 Å². The Kier molecular flexibility index (Phi) is 8.76. The highest BCUT2D eigenvalue weighted by Crippen LogP contribution is 2.43. The number of aliphatic hydroxyl groups is 1. The zero-order chi connectivity index (χ0) is 32.7. The van der Waals surface area contributed by atoms with Crippen molar-refractivity contribution in [3.05, 3.63) is 41.6 Å². The predicted molar refractivity (Wildman–Crippen MR) is 136 cm³/mol. The summed E-state index contributed by atoms with van der Waals surface area (Å²) in [6.07, 6.45) is -9.31. The fraction of sp³-hybridized carbons (Fsp3) is 0.615. The summed E-state index contributed by atoms with van der Waals surface area (Å²) in [7, 11) is 0. The number of hydrogen-bond acceptors (Lipinski definition) is 7. The van der Waals surface area contributed by atoms with Crippen LogP contribution in [0.25, 0.3) is 5.65 Å². The minimum atomic E-state index is -4.75. The van der Waals surface area contributed by atoms with E-state index in [9.17, 15) is 49.8 Å². The zero-order valence-corrected chi connectivity index (χ0v) is 23.3. The number of fused-ring (bicyclic) bond motifs is 1. The fourth-order valence-electron chi connectivity index (χ4n) is 5.38. The van der Waals surface area contributed by atoms with Crippen molar-refractivity contribution in [1.29, 1.82) is 0 Å². The van der Waals surface area contributed by atoms with Gasteiger partial charge >= 0.3 is 12.4 Å². The Balaban J connectivity index is 1.39. The minimum absolute atomic E-state index is 0.00129. The van der Waals surface area contributed by atoms with E-state index in [2.05, 4.69) is 30.9 Å². The number of amides is 2. The van der Waals surface area contributed by atoms with Crippen LogP contribution in [-0.4, -0.2) is 70.9 Å². The van der Waals surface area contributed by atoms with E-state index in [4.69, 9.17) is 0 Å². The molecule has 45 heavy (non-hydrogen) atoms. The van der Waals surface area contributed by atoms with Crippen LogP contribution in [0.5, 0.6) is 0 Å². The second-order valence-electron chi connectivity index (χ2n) is 11.4. The van der Waals surface area contributed by atoms with Crippen molar-refractivity contribution >= 4 is 17.5 Å². The maximum Gasteiger partial charge on any atom is 0.409 e. The number of alkyl halides is 8. The van der Waals surface area contributed by atoms with Crippen LogP contribution in [0.15, 0.2) is 24.7 Å². The molecule has 5 rings (SSSR count). The van der Waals surface area contributed by atoms with Gasteiger partial charge in [-0.25, -0.2) is 18.3 Å². The highest BCUT2D eigenvalue weighted by atomic mass is 19.4. The Labute approximate surface area is 249 Å². The molecule has 2 aliphatic rings. The third-order valence-corrected chi connectivity index (χ3v) is 7.77.